The molecule has 0 heterocycles. The van der Waals surface area contributed by atoms with Crippen LogP contribution in [0.25, 0.3) is 0 Å². The van der Waals surface area contributed by atoms with Crippen molar-refractivity contribution in [1.29, 1.82) is 5.26 Å². The molecule has 0 aliphatic heterocycles. The summed E-state index contributed by atoms with van der Waals surface area (Å²) in [4.78, 5) is 1.87. The summed E-state index contributed by atoms with van der Waals surface area (Å²) in [5, 5.41) is 9.07. The molecule has 2 aromatic carbocycles. The number of anilines is 1. The third kappa shape index (κ3) is 2.82. The van der Waals surface area contributed by atoms with Crippen molar-refractivity contribution in [3.05, 3.63) is 52.5 Å². The van der Waals surface area contributed by atoms with Gasteiger partial charge in [0.1, 0.15) is 6.07 Å². The Morgan fingerprint density at radius 3 is 2.59 bits per heavy atom. The monoisotopic (exact) mass is 304 g/mol. The van der Waals surface area contributed by atoms with E-state index in [1.54, 1.807) is 0 Å². The zero-order valence-electron chi connectivity index (χ0n) is 8.85. The predicted octanol–water partition coefficient (Wildman–Crippen LogP) is 4.05. The molecule has 0 unspecified atom stereocenters. The van der Waals surface area contributed by atoms with Crippen molar-refractivity contribution < 1.29 is 0 Å². The van der Waals surface area contributed by atoms with Gasteiger partial charge in [0.15, 0.2) is 0 Å². The molecule has 0 spiro atoms. The first-order chi connectivity index (χ1) is 8.20. The van der Waals surface area contributed by atoms with Crippen LogP contribution in [0.5, 0.6) is 0 Å². The minimum atomic E-state index is 0.646. The van der Waals surface area contributed by atoms with Crippen molar-refractivity contribution >= 4 is 33.4 Å². The minimum Gasteiger partial charge on any atom is -0.398 e. The number of nitriles is 1. The SMILES string of the molecule is N#Cc1cc(Br)ccc1Sc1ccccc1N. The van der Waals surface area contributed by atoms with Gasteiger partial charge in [-0.05, 0) is 30.3 Å². The predicted molar refractivity (Wildman–Crippen MR) is 73.8 cm³/mol. The number of benzene rings is 2. The Bertz CT molecular complexity index is 590. The summed E-state index contributed by atoms with van der Waals surface area (Å²) in [6.45, 7) is 0. The van der Waals surface area contributed by atoms with E-state index < -0.39 is 0 Å². The Balaban J connectivity index is 2.37. The van der Waals surface area contributed by atoms with Crippen LogP contribution in [-0.2, 0) is 0 Å². The molecule has 0 atom stereocenters. The van der Waals surface area contributed by atoms with Gasteiger partial charge >= 0.3 is 0 Å². The maximum atomic E-state index is 9.07. The van der Waals surface area contributed by atoms with E-state index in [0.717, 1.165) is 20.0 Å². The van der Waals surface area contributed by atoms with E-state index in [9.17, 15) is 0 Å². The fourth-order valence-corrected chi connectivity index (χ4v) is 2.65. The second kappa shape index (κ2) is 5.26. The summed E-state index contributed by atoms with van der Waals surface area (Å²) in [5.41, 5.74) is 7.25. The first kappa shape index (κ1) is 12.0. The highest BCUT2D eigenvalue weighted by molar-refractivity contribution is 9.10. The summed E-state index contributed by atoms with van der Waals surface area (Å²) < 4.78 is 0.902. The maximum Gasteiger partial charge on any atom is 0.100 e. The Labute approximate surface area is 113 Å². The molecule has 0 saturated heterocycles. The third-order valence-electron chi connectivity index (χ3n) is 2.20. The molecule has 0 radical (unpaired) electrons. The van der Waals surface area contributed by atoms with Gasteiger partial charge < -0.3 is 5.73 Å². The van der Waals surface area contributed by atoms with Crippen LogP contribution in [0.4, 0.5) is 5.69 Å². The molecule has 0 aliphatic carbocycles. The number of hydrogen-bond acceptors (Lipinski definition) is 3. The molecule has 2 nitrogen and oxygen atoms in total. The summed E-state index contributed by atoms with van der Waals surface area (Å²) in [6, 6.07) is 15.5. The number of para-hydroxylation sites is 1. The van der Waals surface area contributed by atoms with Gasteiger partial charge in [-0.1, -0.05) is 39.8 Å². The first-order valence-corrected chi connectivity index (χ1v) is 6.53. The van der Waals surface area contributed by atoms with E-state index in [0.29, 0.717) is 5.56 Å². The van der Waals surface area contributed by atoms with Crippen LogP contribution in [0.15, 0.2) is 56.7 Å². The molecule has 17 heavy (non-hydrogen) atoms. The van der Waals surface area contributed by atoms with Gasteiger partial charge in [-0.2, -0.15) is 5.26 Å². The zero-order valence-corrected chi connectivity index (χ0v) is 11.3. The van der Waals surface area contributed by atoms with Gasteiger partial charge in [0.05, 0.1) is 5.56 Å². The fraction of sp³-hybridized carbons (Fsp3) is 0. The lowest BCUT2D eigenvalue weighted by Gasteiger charge is -2.06. The first-order valence-electron chi connectivity index (χ1n) is 4.92. The quantitative estimate of drug-likeness (QED) is 0.851. The molecule has 0 saturated carbocycles. The fourth-order valence-electron chi connectivity index (χ4n) is 1.37. The smallest absolute Gasteiger partial charge is 0.100 e. The Morgan fingerprint density at radius 1 is 1.12 bits per heavy atom. The second-order valence-electron chi connectivity index (χ2n) is 3.39. The molecule has 0 amide bonds. The van der Waals surface area contributed by atoms with Crippen LogP contribution < -0.4 is 5.73 Å². The van der Waals surface area contributed by atoms with E-state index in [4.69, 9.17) is 11.0 Å². The molecule has 2 aromatic rings. The van der Waals surface area contributed by atoms with Crippen molar-refractivity contribution in [2.75, 3.05) is 5.73 Å². The summed E-state index contributed by atoms with van der Waals surface area (Å²) in [7, 11) is 0. The van der Waals surface area contributed by atoms with Crippen molar-refractivity contribution in [2.24, 2.45) is 0 Å². The van der Waals surface area contributed by atoms with Gasteiger partial charge in [0, 0.05) is 20.0 Å². The van der Waals surface area contributed by atoms with Crippen molar-refractivity contribution in [2.45, 2.75) is 9.79 Å². The molecular formula is C13H9BrN2S. The largest absolute Gasteiger partial charge is 0.398 e. The molecule has 0 aromatic heterocycles. The summed E-state index contributed by atoms with van der Waals surface area (Å²) in [6.07, 6.45) is 0. The number of hydrogen-bond donors (Lipinski definition) is 1. The Hall–Kier alpha value is -1.44. The van der Waals surface area contributed by atoms with E-state index in [2.05, 4.69) is 22.0 Å². The molecule has 0 fully saturated rings. The highest BCUT2D eigenvalue weighted by Gasteiger charge is 2.06. The molecule has 0 bridgehead atoms. The molecule has 4 heteroatoms. The van der Waals surface area contributed by atoms with E-state index >= 15 is 0 Å². The summed E-state index contributed by atoms with van der Waals surface area (Å²) >= 11 is 4.86. The number of nitrogens with two attached hydrogens (primary N) is 1. The standard InChI is InChI=1S/C13H9BrN2S/c14-10-5-6-12(9(7-10)8-15)17-13-4-2-1-3-11(13)16/h1-7H,16H2. The van der Waals surface area contributed by atoms with E-state index in [-0.39, 0.29) is 0 Å². The third-order valence-corrected chi connectivity index (χ3v) is 3.86. The Kier molecular flexibility index (Phi) is 3.72. The highest BCUT2D eigenvalue weighted by atomic mass is 79.9. The van der Waals surface area contributed by atoms with Gasteiger partial charge in [-0.3, -0.25) is 0 Å². The zero-order chi connectivity index (χ0) is 12.3. The lowest BCUT2D eigenvalue weighted by molar-refractivity contribution is 1.34. The lowest BCUT2D eigenvalue weighted by Crippen LogP contribution is -1.88. The van der Waals surface area contributed by atoms with Crippen molar-refractivity contribution in [1.82, 2.24) is 0 Å². The van der Waals surface area contributed by atoms with Crippen LogP contribution in [0.2, 0.25) is 0 Å². The average Bonchev–Trinajstić information content (AvgIpc) is 2.34. The van der Waals surface area contributed by atoms with Crippen LogP contribution in [0, 0.1) is 11.3 Å². The molecular weight excluding hydrogens is 296 g/mol. The number of rotatable bonds is 2. The number of nitrogen functional groups attached to an aromatic ring is 1. The van der Waals surface area contributed by atoms with Crippen LogP contribution in [-0.4, -0.2) is 0 Å². The van der Waals surface area contributed by atoms with Crippen LogP contribution in [0.1, 0.15) is 5.56 Å². The van der Waals surface area contributed by atoms with Gasteiger partial charge in [-0.25, -0.2) is 0 Å². The highest BCUT2D eigenvalue weighted by Crippen LogP contribution is 2.34. The van der Waals surface area contributed by atoms with E-state index in [1.807, 2.05) is 42.5 Å². The maximum absolute atomic E-state index is 9.07. The molecule has 84 valence electrons. The van der Waals surface area contributed by atoms with Crippen LogP contribution >= 0.6 is 27.7 Å². The number of halogens is 1. The number of nitrogens with zero attached hydrogens (tertiary/aromatic N) is 1. The van der Waals surface area contributed by atoms with Gasteiger partial charge in [0.25, 0.3) is 0 Å². The Morgan fingerprint density at radius 2 is 1.88 bits per heavy atom. The molecule has 2 rings (SSSR count). The van der Waals surface area contributed by atoms with Crippen molar-refractivity contribution in [3.63, 3.8) is 0 Å². The van der Waals surface area contributed by atoms with Gasteiger partial charge in [-0.15, -0.1) is 0 Å². The summed E-state index contributed by atoms with van der Waals surface area (Å²) in [5.74, 6) is 0. The van der Waals surface area contributed by atoms with Gasteiger partial charge in [0.2, 0.25) is 0 Å². The molecule has 2 N–H and O–H groups in total. The topological polar surface area (TPSA) is 49.8 Å². The normalized spacial score (nSPS) is 9.88. The second-order valence-corrected chi connectivity index (χ2v) is 5.39. The lowest BCUT2D eigenvalue weighted by atomic mass is 10.2. The molecule has 0 aliphatic rings. The van der Waals surface area contributed by atoms with E-state index in [1.165, 1.54) is 11.8 Å². The van der Waals surface area contributed by atoms with Crippen LogP contribution in [0.3, 0.4) is 0 Å². The van der Waals surface area contributed by atoms with Crippen molar-refractivity contribution in [3.8, 4) is 6.07 Å². The average molecular weight is 305 g/mol. The minimum absolute atomic E-state index is 0.646.